The third-order valence-corrected chi connectivity index (χ3v) is 5.84. The highest BCUT2D eigenvalue weighted by Crippen LogP contribution is 2.36. The molecule has 0 saturated heterocycles. The summed E-state index contributed by atoms with van der Waals surface area (Å²) in [6.07, 6.45) is 7.54. The minimum absolute atomic E-state index is 0.0328. The average Bonchev–Trinajstić information content (AvgIpc) is 3.46. The number of fused-ring (bicyclic) bond motifs is 1. The predicted molar refractivity (Wildman–Crippen MR) is 123 cm³/mol. The van der Waals surface area contributed by atoms with Crippen LogP contribution in [-0.2, 0) is 11.2 Å². The fourth-order valence-electron chi connectivity index (χ4n) is 4.17. The van der Waals surface area contributed by atoms with Gasteiger partial charge in [-0.1, -0.05) is 26.0 Å². The van der Waals surface area contributed by atoms with E-state index in [0.717, 1.165) is 28.1 Å². The molecule has 3 aromatic heterocycles. The second kappa shape index (κ2) is 8.00. The molecule has 0 N–H and O–H groups in total. The molecule has 1 amide bonds. The lowest BCUT2D eigenvalue weighted by molar-refractivity contribution is -0.117. The van der Waals surface area contributed by atoms with E-state index in [4.69, 9.17) is 4.98 Å². The molecule has 0 radical (unpaired) electrons. The molecule has 1 aliphatic rings. The molecule has 32 heavy (non-hydrogen) atoms. The maximum absolute atomic E-state index is 13.0. The maximum Gasteiger partial charge on any atom is 0.233 e. The Morgan fingerprint density at radius 1 is 0.969 bits per heavy atom. The predicted octanol–water partition coefficient (Wildman–Crippen LogP) is 4.50. The summed E-state index contributed by atoms with van der Waals surface area (Å²) in [7, 11) is 0. The SMILES string of the molecule is CC(C)c1ncccc1-c1ncc2c(n1)N([C@@H](C)c1ccc(-n3cccn3)cc1)C(=O)C2. The van der Waals surface area contributed by atoms with Crippen molar-refractivity contribution < 1.29 is 4.79 Å². The summed E-state index contributed by atoms with van der Waals surface area (Å²) >= 11 is 0. The van der Waals surface area contributed by atoms with Gasteiger partial charge < -0.3 is 0 Å². The smallest absolute Gasteiger partial charge is 0.233 e. The van der Waals surface area contributed by atoms with E-state index >= 15 is 0 Å². The Balaban J connectivity index is 1.50. The van der Waals surface area contributed by atoms with Gasteiger partial charge in [0, 0.05) is 35.9 Å². The molecule has 1 aromatic carbocycles. The third kappa shape index (κ3) is 3.45. The first-order valence-corrected chi connectivity index (χ1v) is 10.8. The highest BCUT2D eigenvalue weighted by Gasteiger charge is 2.34. The molecular formula is C25H24N6O. The number of nitrogens with zero attached hydrogens (tertiary/aromatic N) is 6. The van der Waals surface area contributed by atoms with E-state index in [2.05, 4.69) is 28.9 Å². The zero-order valence-electron chi connectivity index (χ0n) is 18.3. The topological polar surface area (TPSA) is 76.8 Å². The van der Waals surface area contributed by atoms with Crippen LogP contribution in [0.2, 0.25) is 0 Å². The summed E-state index contributed by atoms with van der Waals surface area (Å²) in [5.41, 5.74) is 4.72. The first-order chi connectivity index (χ1) is 15.5. The molecule has 0 spiro atoms. The van der Waals surface area contributed by atoms with Crippen LogP contribution in [0.4, 0.5) is 5.82 Å². The lowest BCUT2D eigenvalue weighted by Gasteiger charge is -2.25. The largest absolute Gasteiger partial charge is 0.289 e. The fraction of sp³-hybridized carbons (Fsp3) is 0.240. The molecule has 4 aromatic rings. The van der Waals surface area contributed by atoms with E-state index in [-0.39, 0.29) is 17.9 Å². The van der Waals surface area contributed by atoms with Crippen molar-refractivity contribution in [3.05, 3.63) is 84.1 Å². The minimum Gasteiger partial charge on any atom is -0.289 e. The van der Waals surface area contributed by atoms with Crippen LogP contribution in [-0.4, -0.2) is 30.6 Å². The molecule has 7 nitrogen and oxygen atoms in total. The van der Waals surface area contributed by atoms with Gasteiger partial charge in [0.25, 0.3) is 0 Å². The van der Waals surface area contributed by atoms with Crippen molar-refractivity contribution in [1.29, 1.82) is 0 Å². The number of rotatable bonds is 5. The number of aromatic nitrogens is 5. The van der Waals surface area contributed by atoms with Gasteiger partial charge in [0.1, 0.15) is 5.82 Å². The van der Waals surface area contributed by atoms with Crippen LogP contribution in [0.1, 0.15) is 49.6 Å². The molecule has 0 fully saturated rings. The number of benzene rings is 1. The van der Waals surface area contributed by atoms with Gasteiger partial charge in [-0.25, -0.2) is 14.6 Å². The number of hydrogen-bond donors (Lipinski definition) is 0. The van der Waals surface area contributed by atoms with Crippen molar-refractivity contribution in [2.75, 3.05) is 4.90 Å². The monoisotopic (exact) mass is 424 g/mol. The summed E-state index contributed by atoms with van der Waals surface area (Å²) < 4.78 is 1.81. The van der Waals surface area contributed by atoms with Gasteiger partial charge in [0.05, 0.1) is 23.8 Å². The van der Waals surface area contributed by atoms with Crippen LogP contribution < -0.4 is 4.90 Å². The van der Waals surface area contributed by atoms with Gasteiger partial charge in [-0.05, 0) is 48.7 Å². The summed E-state index contributed by atoms with van der Waals surface area (Å²) in [6.45, 7) is 6.23. The molecule has 160 valence electrons. The zero-order chi connectivity index (χ0) is 22.2. The molecule has 4 heterocycles. The van der Waals surface area contributed by atoms with Crippen LogP contribution >= 0.6 is 0 Å². The Bertz CT molecular complexity index is 1260. The van der Waals surface area contributed by atoms with Crippen LogP contribution in [0, 0.1) is 0 Å². The molecular weight excluding hydrogens is 400 g/mol. The molecule has 7 heteroatoms. The summed E-state index contributed by atoms with van der Waals surface area (Å²) in [5.74, 6) is 1.56. The van der Waals surface area contributed by atoms with Crippen LogP contribution in [0.5, 0.6) is 0 Å². The first kappa shape index (κ1) is 20.1. The Morgan fingerprint density at radius 3 is 2.50 bits per heavy atom. The number of pyridine rings is 1. The lowest BCUT2D eigenvalue weighted by Crippen LogP contribution is -2.30. The van der Waals surface area contributed by atoms with E-state index in [1.54, 1.807) is 23.5 Å². The van der Waals surface area contributed by atoms with Gasteiger partial charge in [0.2, 0.25) is 5.91 Å². The van der Waals surface area contributed by atoms with Gasteiger partial charge in [-0.3, -0.25) is 14.7 Å². The van der Waals surface area contributed by atoms with Gasteiger partial charge in [0.15, 0.2) is 5.82 Å². The van der Waals surface area contributed by atoms with E-state index in [9.17, 15) is 4.79 Å². The van der Waals surface area contributed by atoms with Crippen molar-refractivity contribution in [3.8, 4) is 17.1 Å². The van der Waals surface area contributed by atoms with Crippen LogP contribution in [0.15, 0.2) is 67.3 Å². The summed E-state index contributed by atoms with van der Waals surface area (Å²) in [6, 6.07) is 13.7. The normalized spacial score (nSPS) is 14.1. The Morgan fingerprint density at radius 2 is 1.78 bits per heavy atom. The Hall–Kier alpha value is -3.87. The minimum atomic E-state index is -0.156. The van der Waals surface area contributed by atoms with Gasteiger partial charge in [-0.2, -0.15) is 5.10 Å². The summed E-state index contributed by atoms with van der Waals surface area (Å²) in [4.78, 5) is 28.7. The second-order valence-electron chi connectivity index (χ2n) is 8.29. The van der Waals surface area contributed by atoms with Crippen molar-refractivity contribution in [2.45, 2.75) is 39.2 Å². The van der Waals surface area contributed by atoms with Crippen molar-refractivity contribution in [2.24, 2.45) is 0 Å². The zero-order valence-corrected chi connectivity index (χ0v) is 18.3. The highest BCUT2D eigenvalue weighted by molar-refractivity contribution is 6.01. The Labute approximate surface area is 186 Å². The van der Waals surface area contributed by atoms with E-state index < -0.39 is 0 Å². The quantitative estimate of drug-likeness (QED) is 0.471. The summed E-state index contributed by atoms with van der Waals surface area (Å²) in [5, 5.41) is 4.27. The van der Waals surface area contributed by atoms with Gasteiger partial charge in [-0.15, -0.1) is 0 Å². The number of amides is 1. The maximum atomic E-state index is 13.0. The van der Waals surface area contributed by atoms with E-state index in [1.807, 2.05) is 60.3 Å². The van der Waals surface area contributed by atoms with Crippen molar-refractivity contribution in [3.63, 3.8) is 0 Å². The van der Waals surface area contributed by atoms with Crippen molar-refractivity contribution in [1.82, 2.24) is 24.7 Å². The number of carbonyl (C=O) groups excluding carboxylic acids is 1. The molecule has 1 atom stereocenters. The highest BCUT2D eigenvalue weighted by atomic mass is 16.2. The average molecular weight is 425 g/mol. The van der Waals surface area contributed by atoms with Crippen LogP contribution in [0.25, 0.3) is 17.1 Å². The molecule has 5 rings (SSSR count). The molecule has 0 saturated carbocycles. The van der Waals surface area contributed by atoms with Crippen LogP contribution in [0.3, 0.4) is 0 Å². The number of hydrogen-bond acceptors (Lipinski definition) is 5. The van der Waals surface area contributed by atoms with E-state index in [0.29, 0.717) is 18.1 Å². The molecule has 0 aliphatic carbocycles. The first-order valence-electron chi connectivity index (χ1n) is 10.8. The molecule has 0 bridgehead atoms. The molecule has 0 unspecified atom stereocenters. The number of carbonyl (C=O) groups is 1. The Kier molecular flexibility index (Phi) is 5.01. The lowest BCUT2D eigenvalue weighted by atomic mass is 10.0. The second-order valence-corrected chi connectivity index (χ2v) is 8.29. The standard InChI is InChI=1S/C25H24N6O/c1-16(2)23-21(6-4-11-26-23)24-27-15-19-14-22(32)31(25(19)29-24)17(3)18-7-9-20(10-8-18)30-13-5-12-28-30/h4-13,15-17H,14H2,1-3H3/t17-/m0/s1. The molecule has 1 aliphatic heterocycles. The van der Waals surface area contributed by atoms with Gasteiger partial charge >= 0.3 is 0 Å². The third-order valence-electron chi connectivity index (χ3n) is 5.84. The van der Waals surface area contributed by atoms with E-state index in [1.165, 1.54) is 0 Å². The fourth-order valence-corrected chi connectivity index (χ4v) is 4.17. The van der Waals surface area contributed by atoms with Crippen molar-refractivity contribution >= 4 is 11.7 Å². The number of anilines is 1.